The number of amides is 1. The highest BCUT2D eigenvalue weighted by molar-refractivity contribution is 7.89. The zero-order valence-corrected chi connectivity index (χ0v) is 16.1. The van der Waals surface area contributed by atoms with Crippen molar-refractivity contribution in [1.82, 2.24) is 4.72 Å². The summed E-state index contributed by atoms with van der Waals surface area (Å²) in [6, 6.07) is 9.52. The summed E-state index contributed by atoms with van der Waals surface area (Å²) >= 11 is 0. The van der Waals surface area contributed by atoms with E-state index >= 15 is 0 Å². The number of rotatable bonds is 7. The van der Waals surface area contributed by atoms with Gasteiger partial charge in [0.15, 0.2) is 0 Å². The number of anilines is 1. The normalized spacial score (nSPS) is 13.8. The molecule has 29 heavy (non-hydrogen) atoms. The number of hydrogen-bond acceptors (Lipinski definition) is 4. The van der Waals surface area contributed by atoms with Crippen molar-refractivity contribution in [2.24, 2.45) is 0 Å². The molecular formula is C19H19F3N2O4S. The molecule has 0 bridgehead atoms. The van der Waals surface area contributed by atoms with Crippen molar-refractivity contribution in [2.45, 2.75) is 36.9 Å². The van der Waals surface area contributed by atoms with Crippen LogP contribution in [0.5, 0.6) is 5.75 Å². The van der Waals surface area contributed by atoms with Crippen molar-refractivity contribution in [3.8, 4) is 5.75 Å². The number of halogens is 3. The Morgan fingerprint density at radius 1 is 1.03 bits per heavy atom. The van der Waals surface area contributed by atoms with Crippen LogP contribution in [0.25, 0.3) is 0 Å². The second kappa shape index (κ2) is 8.42. The zero-order valence-electron chi connectivity index (χ0n) is 15.3. The largest absolute Gasteiger partial charge is 0.573 e. The molecule has 6 nitrogen and oxygen atoms in total. The van der Waals surface area contributed by atoms with E-state index in [1.54, 1.807) is 0 Å². The summed E-state index contributed by atoms with van der Waals surface area (Å²) in [6.45, 7) is -0.153. The number of benzene rings is 2. The highest BCUT2D eigenvalue weighted by Crippen LogP contribution is 2.25. The Labute approximate surface area is 166 Å². The van der Waals surface area contributed by atoms with Crippen LogP contribution in [0, 0.1) is 0 Å². The van der Waals surface area contributed by atoms with Gasteiger partial charge in [-0.15, -0.1) is 13.2 Å². The van der Waals surface area contributed by atoms with Crippen LogP contribution in [0.15, 0.2) is 47.4 Å². The number of sulfonamides is 1. The average Bonchev–Trinajstić information content (AvgIpc) is 3.08. The number of hydrogen-bond donors (Lipinski definition) is 2. The third-order valence-electron chi connectivity index (χ3n) is 4.39. The van der Waals surface area contributed by atoms with Crippen LogP contribution >= 0.6 is 0 Å². The molecular weight excluding hydrogens is 409 g/mol. The van der Waals surface area contributed by atoms with Gasteiger partial charge >= 0.3 is 6.36 Å². The van der Waals surface area contributed by atoms with Crippen molar-refractivity contribution in [2.75, 3.05) is 11.9 Å². The molecule has 0 saturated heterocycles. The van der Waals surface area contributed by atoms with Crippen molar-refractivity contribution in [3.63, 3.8) is 0 Å². The molecule has 0 spiro atoms. The van der Waals surface area contributed by atoms with Crippen LogP contribution in [0.3, 0.4) is 0 Å². The number of alkyl halides is 3. The fraction of sp³-hybridized carbons (Fsp3) is 0.316. The maximum Gasteiger partial charge on any atom is 0.573 e. The molecule has 156 valence electrons. The minimum Gasteiger partial charge on any atom is -0.406 e. The predicted molar refractivity (Wildman–Crippen MR) is 100 cm³/mol. The van der Waals surface area contributed by atoms with E-state index in [1.807, 2.05) is 18.2 Å². The second-order valence-electron chi connectivity index (χ2n) is 6.55. The second-order valence-corrected chi connectivity index (χ2v) is 8.32. The fourth-order valence-corrected chi connectivity index (χ4v) is 4.11. The molecule has 0 aromatic heterocycles. The van der Waals surface area contributed by atoms with E-state index in [-0.39, 0.29) is 23.8 Å². The van der Waals surface area contributed by atoms with E-state index in [9.17, 15) is 26.4 Å². The topological polar surface area (TPSA) is 84.5 Å². The lowest BCUT2D eigenvalue weighted by atomic mass is 10.1. The standard InChI is InChI=1S/C19H19F3N2O4S/c20-19(21,22)28-16-6-8-17(9-7-16)29(26,27)23-11-10-18(25)24-15-5-4-13-2-1-3-14(13)12-15/h4-9,12,23H,1-3,10-11H2,(H,24,25). The SMILES string of the molecule is O=C(CCNS(=O)(=O)c1ccc(OC(F)(F)F)cc1)Nc1ccc2c(c1)CCC2. The zero-order chi connectivity index (χ0) is 21.1. The summed E-state index contributed by atoms with van der Waals surface area (Å²) in [5, 5.41) is 2.73. The first-order valence-corrected chi connectivity index (χ1v) is 10.4. The molecule has 0 radical (unpaired) electrons. The van der Waals surface area contributed by atoms with Crippen LogP contribution in [0.2, 0.25) is 0 Å². The Morgan fingerprint density at radius 3 is 2.41 bits per heavy atom. The number of ether oxygens (including phenoxy) is 1. The Hall–Kier alpha value is -2.59. The molecule has 0 aliphatic heterocycles. The van der Waals surface area contributed by atoms with Gasteiger partial charge in [0.2, 0.25) is 15.9 Å². The fourth-order valence-electron chi connectivity index (χ4n) is 3.08. The van der Waals surface area contributed by atoms with E-state index < -0.39 is 22.1 Å². The van der Waals surface area contributed by atoms with Gasteiger partial charge in [-0.2, -0.15) is 0 Å². The van der Waals surface area contributed by atoms with Gasteiger partial charge in [0.1, 0.15) is 5.75 Å². The first-order chi connectivity index (χ1) is 13.6. The van der Waals surface area contributed by atoms with Gasteiger partial charge in [0.05, 0.1) is 4.90 Å². The first-order valence-electron chi connectivity index (χ1n) is 8.89. The first kappa shape index (κ1) is 21.1. The maximum atomic E-state index is 12.2. The quantitative estimate of drug-likeness (QED) is 0.708. The van der Waals surface area contributed by atoms with Crippen molar-refractivity contribution < 1.29 is 31.1 Å². The Balaban J connectivity index is 1.50. The van der Waals surface area contributed by atoms with Gasteiger partial charge < -0.3 is 10.1 Å². The van der Waals surface area contributed by atoms with Crippen LogP contribution in [-0.4, -0.2) is 27.2 Å². The monoisotopic (exact) mass is 428 g/mol. The maximum absolute atomic E-state index is 12.2. The predicted octanol–water partition coefficient (Wildman–Crippen LogP) is 3.38. The Kier molecular flexibility index (Phi) is 6.13. The molecule has 1 amide bonds. The lowest BCUT2D eigenvalue weighted by Gasteiger charge is -2.10. The molecule has 0 fully saturated rings. The number of aryl methyl sites for hydroxylation is 2. The van der Waals surface area contributed by atoms with Crippen LogP contribution in [0.4, 0.5) is 18.9 Å². The summed E-state index contributed by atoms with van der Waals surface area (Å²) in [7, 11) is -3.96. The minimum absolute atomic E-state index is 0.0917. The minimum atomic E-state index is -4.86. The van der Waals surface area contributed by atoms with E-state index in [1.165, 1.54) is 11.1 Å². The molecule has 2 aromatic carbocycles. The molecule has 2 N–H and O–H groups in total. The molecule has 1 aliphatic carbocycles. The van der Waals surface area contributed by atoms with Gasteiger partial charge in [-0.05, 0) is 66.8 Å². The third kappa shape index (κ3) is 5.94. The Bertz CT molecular complexity index is 990. The summed E-state index contributed by atoms with van der Waals surface area (Å²) in [6.07, 6.45) is -1.84. The van der Waals surface area contributed by atoms with Gasteiger partial charge in [-0.1, -0.05) is 6.07 Å². The average molecular weight is 428 g/mol. The highest BCUT2D eigenvalue weighted by atomic mass is 32.2. The molecule has 0 heterocycles. The van der Waals surface area contributed by atoms with Gasteiger partial charge in [0.25, 0.3) is 0 Å². The number of fused-ring (bicyclic) bond motifs is 1. The van der Waals surface area contributed by atoms with Crippen molar-refractivity contribution in [3.05, 3.63) is 53.6 Å². The third-order valence-corrected chi connectivity index (χ3v) is 5.87. The summed E-state index contributed by atoms with van der Waals surface area (Å²) < 4.78 is 66.8. The highest BCUT2D eigenvalue weighted by Gasteiger charge is 2.31. The van der Waals surface area contributed by atoms with Crippen LogP contribution in [-0.2, 0) is 27.7 Å². The molecule has 0 unspecified atom stereocenters. The molecule has 0 saturated carbocycles. The summed E-state index contributed by atoms with van der Waals surface area (Å²) in [5.74, 6) is -0.871. The van der Waals surface area contributed by atoms with Crippen molar-refractivity contribution in [1.29, 1.82) is 0 Å². The van der Waals surface area contributed by atoms with E-state index in [0.29, 0.717) is 5.69 Å². The number of nitrogens with one attached hydrogen (secondary N) is 2. The summed E-state index contributed by atoms with van der Waals surface area (Å²) in [4.78, 5) is 11.8. The summed E-state index contributed by atoms with van der Waals surface area (Å²) in [5.41, 5.74) is 3.16. The molecule has 1 aliphatic rings. The molecule has 0 atom stereocenters. The molecule has 2 aromatic rings. The molecule has 10 heteroatoms. The molecule has 3 rings (SSSR count). The lowest BCUT2D eigenvalue weighted by molar-refractivity contribution is -0.274. The van der Waals surface area contributed by atoms with E-state index in [2.05, 4.69) is 14.8 Å². The van der Waals surface area contributed by atoms with Crippen molar-refractivity contribution >= 4 is 21.6 Å². The Morgan fingerprint density at radius 2 is 1.72 bits per heavy atom. The smallest absolute Gasteiger partial charge is 0.406 e. The lowest BCUT2D eigenvalue weighted by Crippen LogP contribution is -2.27. The van der Waals surface area contributed by atoms with Gasteiger partial charge in [0, 0.05) is 18.7 Å². The number of carbonyl (C=O) groups is 1. The van der Waals surface area contributed by atoms with Gasteiger partial charge in [-0.25, -0.2) is 13.1 Å². The van der Waals surface area contributed by atoms with E-state index in [0.717, 1.165) is 43.5 Å². The van der Waals surface area contributed by atoms with Gasteiger partial charge in [-0.3, -0.25) is 4.79 Å². The van der Waals surface area contributed by atoms with Crippen LogP contribution in [0.1, 0.15) is 24.0 Å². The van der Waals surface area contributed by atoms with Crippen LogP contribution < -0.4 is 14.8 Å². The number of carbonyl (C=O) groups excluding carboxylic acids is 1. The van der Waals surface area contributed by atoms with E-state index in [4.69, 9.17) is 0 Å².